The van der Waals surface area contributed by atoms with Crippen molar-refractivity contribution in [2.24, 2.45) is 0 Å². The van der Waals surface area contributed by atoms with Crippen molar-refractivity contribution in [2.75, 3.05) is 4.47 Å². The minimum absolute atomic E-state index is 0.0980. The molecule has 9 heteroatoms. The molecular weight excluding hydrogens is 324 g/mol. The van der Waals surface area contributed by atoms with E-state index in [1.807, 2.05) is 0 Å². The summed E-state index contributed by atoms with van der Waals surface area (Å²) in [5.74, 6) is -9.58. The first-order valence-corrected chi connectivity index (χ1v) is 6.68. The average Bonchev–Trinajstić information content (AvgIpc) is 2.52. The molecule has 0 aliphatic carbocycles. The van der Waals surface area contributed by atoms with Crippen LogP contribution in [0.2, 0.25) is 0 Å². The zero-order valence-electron chi connectivity index (χ0n) is 10.9. The smallest absolute Gasteiger partial charge is 0.205 e. The van der Waals surface area contributed by atoms with E-state index in [1.54, 1.807) is 30.3 Å². The van der Waals surface area contributed by atoms with Crippen molar-refractivity contribution in [1.29, 1.82) is 0 Å². The van der Waals surface area contributed by atoms with Crippen LogP contribution in [-0.4, -0.2) is 10.3 Å². The van der Waals surface area contributed by atoms with Crippen molar-refractivity contribution in [2.45, 2.75) is 6.54 Å². The molecule has 0 radical (unpaired) electrons. The summed E-state index contributed by atoms with van der Waals surface area (Å²) in [6.45, 7) is 0.217. The number of hydrogen-bond donors (Lipinski definition) is 3. The summed E-state index contributed by atoms with van der Waals surface area (Å²) in [5.41, 5.74) is -0.550. The number of hydrogen-bond acceptors (Lipinski definition) is 5. The molecule has 0 heterocycles. The monoisotopic (exact) mass is 334 g/mol. The lowest BCUT2D eigenvalue weighted by atomic mass is 10.2. The summed E-state index contributed by atoms with van der Waals surface area (Å²) in [6, 6.07) is 8.85. The summed E-state index contributed by atoms with van der Waals surface area (Å²) in [4.78, 5) is 0. The van der Waals surface area contributed by atoms with Crippen molar-refractivity contribution in [3.05, 3.63) is 59.2 Å². The maximum atomic E-state index is 13.5. The van der Waals surface area contributed by atoms with Gasteiger partial charge in [0, 0.05) is 6.54 Å². The van der Waals surface area contributed by atoms with Crippen LogP contribution in [0.5, 0.6) is 5.75 Å². The van der Waals surface area contributed by atoms with E-state index in [-0.39, 0.29) is 11.0 Å². The number of phenolic OH excluding ortho intramolecular Hbond substituents is 1. The van der Waals surface area contributed by atoms with Crippen LogP contribution in [0.4, 0.5) is 23.2 Å². The highest BCUT2D eigenvalue weighted by atomic mass is 32.2. The first-order valence-electron chi connectivity index (χ1n) is 5.91. The Morgan fingerprint density at radius 2 is 1.50 bits per heavy atom. The fourth-order valence-electron chi connectivity index (χ4n) is 1.59. The number of aromatic hydroxyl groups is 1. The number of nitrogens with zero attached hydrogens (tertiary/aromatic N) is 1. The van der Waals surface area contributed by atoms with Gasteiger partial charge in [0.15, 0.2) is 23.1 Å². The molecule has 0 fully saturated rings. The Bertz CT molecular complexity index is 644. The largest absolute Gasteiger partial charge is 0.503 e. The molecule has 0 aliphatic rings. The van der Waals surface area contributed by atoms with E-state index in [0.717, 1.165) is 5.56 Å². The van der Waals surface area contributed by atoms with Gasteiger partial charge >= 0.3 is 0 Å². The molecule has 0 aliphatic heterocycles. The van der Waals surface area contributed by atoms with Crippen LogP contribution in [0.1, 0.15) is 5.56 Å². The van der Waals surface area contributed by atoms with Gasteiger partial charge in [0.05, 0.1) is 12.1 Å². The number of benzene rings is 2. The molecular formula is C13H10F4N2O2S. The molecule has 3 N–H and O–H groups in total. The summed E-state index contributed by atoms with van der Waals surface area (Å²) in [5, 5.41) is 18.4. The van der Waals surface area contributed by atoms with Gasteiger partial charge in [-0.1, -0.05) is 30.3 Å². The van der Waals surface area contributed by atoms with Gasteiger partial charge in [0.25, 0.3) is 0 Å². The van der Waals surface area contributed by atoms with E-state index in [4.69, 9.17) is 5.11 Å². The molecule has 2 aromatic rings. The lowest BCUT2D eigenvalue weighted by Crippen LogP contribution is -2.20. The average molecular weight is 334 g/mol. The number of rotatable bonds is 5. The zero-order chi connectivity index (χ0) is 16.3. The van der Waals surface area contributed by atoms with E-state index in [0.29, 0.717) is 12.1 Å². The summed E-state index contributed by atoms with van der Waals surface area (Å²) in [6.07, 6.45) is 0. The maximum Gasteiger partial charge on any atom is 0.205 e. The standard InChI is InChI=1S/C13H10F4N2O2S/c14-8-10(16)13(20)11(17)9(15)12(8)19(21)22-18-6-7-4-2-1-3-5-7/h1-5,18,20-21H,6H2. The molecule has 0 aromatic heterocycles. The van der Waals surface area contributed by atoms with Gasteiger partial charge in [-0.25, -0.2) is 13.5 Å². The van der Waals surface area contributed by atoms with Crippen LogP contribution < -0.4 is 9.19 Å². The molecule has 0 unspecified atom stereocenters. The van der Waals surface area contributed by atoms with Crippen molar-refractivity contribution >= 4 is 17.8 Å². The molecule has 4 nitrogen and oxygen atoms in total. The SMILES string of the molecule is Oc1c(F)c(F)c(N(O)SNCc2ccccc2)c(F)c1F. The van der Waals surface area contributed by atoms with Gasteiger partial charge in [0.1, 0.15) is 0 Å². The van der Waals surface area contributed by atoms with Crippen molar-refractivity contribution in [3.63, 3.8) is 0 Å². The number of anilines is 1. The lowest BCUT2D eigenvalue weighted by molar-refractivity contribution is 0.307. The Labute approximate surface area is 127 Å². The fourth-order valence-corrected chi connectivity index (χ4v) is 2.20. The van der Waals surface area contributed by atoms with Crippen LogP contribution >= 0.6 is 12.1 Å². The molecule has 118 valence electrons. The summed E-state index contributed by atoms with van der Waals surface area (Å²) < 4.78 is 55.9. The van der Waals surface area contributed by atoms with Crippen molar-refractivity contribution in [1.82, 2.24) is 4.72 Å². The Morgan fingerprint density at radius 3 is 2.05 bits per heavy atom. The van der Waals surface area contributed by atoms with Gasteiger partial charge in [-0.05, 0) is 5.56 Å². The third-order valence-corrected chi connectivity index (χ3v) is 3.31. The van der Waals surface area contributed by atoms with Crippen LogP contribution in [0.15, 0.2) is 30.3 Å². The summed E-state index contributed by atoms with van der Waals surface area (Å²) in [7, 11) is 0. The second-order valence-electron chi connectivity index (χ2n) is 4.12. The highest BCUT2D eigenvalue weighted by molar-refractivity contribution is 7.98. The number of phenols is 1. The highest BCUT2D eigenvalue weighted by Crippen LogP contribution is 2.35. The third-order valence-electron chi connectivity index (χ3n) is 2.68. The van der Waals surface area contributed by atoms with E-state index in [2.05, 4.69) is 4.72 Å². The number of halogens is 4. The molecule has 0 bridgehead atoms. The topological polar surface area (TPSA) is 55.7 Å². The Morgan fingerprint density at radius 1 is 0.955 bits per heavy atom. The van der Waals surface area contributed by atoms with Crippen LogP contribution in [0.3, 0.4) is 0 Å². The van der Waals surface area contributed by atoms with E-state index in [1.165, 1.54) is 0 Å². The zero-order valence-corrected chi connectivity index (χ0v) is 11.7. The lowest BCUT2D eigenvalue weighted by Gasteiger charge is -2.17. The van der Waals surface area contributed by atoms with Gasteiger partial charge < -0.3 is 5.11 Å². The molecule has 0 atom stereocenters. The van der Waals surface area contributed by atoms with Crippen LogP contribution in [0, 0.1) is 23.3 Å². The molecule has 2 rings (SSSR count). The fraction of sp³-hybridized carbons (Fsp3) is 0.0769. The van der Waals surface area contributed by atoms with Crippen molar-refractivity contribution in [3.8, 4) is 5.75 Å². The normalized spacial score (nSPS) is 10.8. The molecule has 0 saturated heterocycles. The highest BCUT2D eigenvalue weighted by Gasteiger charge is 2.28. The molecule has 0 amide bonds. The molecule has 0 spiro atoms. The Hall–Kier alpha value is -1.97. The predicted octanol–water partition coefficient (Wildman–Crippen LogP) is 3.50. The second kappa shape index (κ2) is 6.86. The van der Waals surface area contributed by atoms with Gasteiger partial charge in [-0.15, -0.1) is 0 Å². The molecule has 2 aromatic carbocycles. The van der Waals surface area contributed by atoms with Gasteiger partial charge in [0.2, 0.25) is 11.6 Å². The first-order chi connectivity index (χ1) is 10.4. The Kier molecular flexibility index (Phi) is 5.11. The van der Waals surface area contributed by atoms with Crippen molar-refractivity contribution < 1.29 is 27.9 Å². The maximum absolute atomic E-state index is 13.5. The third kappa shape index (κ3) is 3.26. The van der Waals surface area contributed by atoms with Gasteiger partial charge in [-0.2, -0.15) is 13.2 Å². The second-order valence-corrected chi connectivity index (χ2v) is 4.94. The minimum atomic E-state index is -1.99. The van der Waals surface area contributed by atoms with E-state index < -0.39 is 34.7 Å². The molecule has 22 heavy (non-hydrogen) atoms. The molecule has 0 saturated carbocycles. The quantitative estimate of drug-likeness (QED) is 0.338. The summed E-state index contributed by atoms with van der Waals surface area (Å²) >= 11 is 0.320. The van der Waals surface area contributed by atoms with Crippen LogP contribution in [0.25, 0.3) is 0 Å². The van der Waals surface area contributed by atoms with E-state index >= 15 is 0 Å². The minimum Gasteiger partial charge on any atom is -0.503 e. The van der Waals surface area contributed by atoms with Crippen LogP contribution in [-0.2, 0) is 6.54 Å². The predicted molar refractivity (Wildman–Crippen MR) is 73.1 cm³/mol. The number of nitrogens with one attached hydrogen (secondary N) is 1. The van der Waals surface area contributed by atoms with E-state index in [9.17, 15) is 22.8 Å². The first kappa shape index (κ1) is 16.4. The van der Waals surface area contributed by atoms with Gasteiger partial charge in [-0.3, -0.25) is 5.21 Å². The Balaban J connectivity index is 2.11.